The van der Waals surface area contributed by atoms with Crippen LogP contribution < -0.4 is 21.3 Å². The number of nitrogens with zero attached hydrogens (tertiary/aromatic N) is 1. The first-order valence-electron chi connectivity index (χ1n) is 13.8. The van der Waals surface area contributed by atoms with E-state index in [1.807, 2.05) is 77.1 Å². The van der Waals surface area contributed by atoms with Crippen molar-refractivity contribution >= 4 is 40.3 Å². The van der Waals surface area contributed by atoms with Gasteiger partial charge in [-0.15, -0.1) is 0 Å². The molecule has 3 amide bonds. The highest BCUT2D eigenvalue weighted by molar-refractivity contribution is 6.32. The summed E-state index contributed by atoms with van der Waals surface area (Å²) in [4.78, 5) is 41.8. The summed E-state index contributed by atoms with van der Waals surface area (Å²) >= 11 is 6.23. The minimum atomic E-state index is -0.619. The number of benzene rings is 1. The number of hydrogen-bond acceptors (Lipinski definition) is 6. The van der Waals surface area contributed by atoms with Gasteiger partial charge in [-0.3, -0.25) is 14.4 Å². The molecule has 10 heteroatoms. The van der Waals surface area contributed by atoms with E-state index >= 15 is 0 Å². The average Bonchev–Trinajstić information content (AvgIpc) is 3.28. The van der Waals surface area contributed by atoms with Gasteiger partial charge < -0.3 is 30.6 Å². The minimum Gasteiger partial charge on any atom is -0.461 e. The Morgan fingerprint density at radius 1 is 1.17 bits per heavy atom. The van der Waals surface area contributed by atoms with Crippen molar-refractivity contribution in [3.05, 3.63) is 70.2 Å². The molecule has 0 saturated heterocycles. The molecular formula is C31H42ClN5O4. The highest BCUT2D eigenvalue weighted by atomic mass is 35.5. The van der Waals surface area contributed by atoms with E-state index in [-0.39, 0.29) is 48.5 Å². The molecule has 0 fully saturated rings. The molecule has 0 radical (unpaired) electrons. The Hall–Kier alpha value is -3.56. The fourth-order valence-corrected chi connectivity index (χ4v) is 4.74. The molecule has 0 spiro atoms. The number of allylic oxidation sites excluding steroid dienone is 2. The topological polar surface area (TPSA) is 116 Å². The highest BCUT2D eigenvalue weighted by Crippen LogP contribution is 2.28. The van der Waals surface area contributed by atoms with Crippen LogP contribution in [0.2, 0.25) is 5.02 Å². The summed E-state index contributed by atoms with van der Waals surface area (Å²) in [5.41, 5.74) is 1.02. The van der Waals surface area contributed by atoms with Crippen LogP contribution in [0.5, 0.6) is 0 Å². The number of carbonyl (C=O) groups excluding carboxylic acids is 3. The number of carbonyl (C=O) groups is 3. The maximum atomic E-state index is 13.4. The van der Waals surface area contributed by atoms with Crippen LogP contribution in [0.3, 0.4) is 0 Å². The molecule has 41 heavy (non-hydrogen) atoms. The number of furan rings is 1. The van der Waals surface area contributed by atoms with Crippen LogP contribution in [0, 0.1) is 12.3 Å². The van der Waals surface area contributed by atoms with Crippen molar-refractivity contribution in [3.63, 3.8) is 0 Å². The first kappa shape index (κ1) is 32.0. The molecule has 222 valence electrons. The molecule has 2 atom stereocenters. The zero-order valence-electron chi connectivity index (χ0n) is 25.0. The molecule has 3 rings (SSSR count). The number of rotatable bonds is 12. The lowest BCUT2D eigenvalue weighted by molar-refractivity contribution is -0.125. The Kier molecular flexibility index (Phi) is 10.8. The van der Waals surface area contributed by atoms with Crippen LogP contribution in [0.1, 0.15) is 56.2 Å². The second kappa shape index (κ2) is 13.9. The van der Waals surface area contributed by atoms with Crippen molar-refractivity contribution in [2.24, 2.45) is 5.41 Å². The van der Waals surface area contributed by atoms with Gasteiger partial charge in [0.1, 0.15) is 17.0 Å². The number of halogens is 1. The molecule has 2 unspecified atom stereocenters. The number of aryl methyl sites for hydroxylation is 1. The largest absolute Gasteiger partial charge is 0.461 e. The molecule has 0 aliphatic heterocycles. The number of amides is 3. The SMILES string of the molecule is CN/C(CC(C)N(C)C)=C(/NC(=O)CC(C)(C)CNC(=O)c1cc(Cl)cc2cc(C)oc12)C(=O)NC1C=CC=CC1. The van der Waals surface area contributed by atoms with Gasteiger partial charge in [-0.1, -0.05) is 49.8 Å². The van der Waals surface area contributed by atoms with Crippen molar-refractivity contribution in [2.75, 3.05) is 27.7 Å². The van der Waals surface area contributed by atoms with Crippen molar-refractivity contribution in [1.29, 1.82) is 0 Å². The highest BCUT2D eigenvalue weighted by Gasteiger charge is 2.27. The lowest BCUT2D eigenvalue weighted by atomic mass is 9.88. The summed E-state index contributed by atoms with van der Waals surface area (Å²) in [5, 5.41) is 13.1. The lowest BCUT2D eigenvalue weighted by Crippen LogP contribution is -2.44. The first-order chi connectivity index (χ1) is 19.3. The molecule has 0 bridgehead atoms. The van der Waals surface area contributed by atoms with Gasteiger partial charge >= 0.3 is 0 Å². The fourth-order valence-electron chi connectivity index (χ4n) is 4.51. The van der Waals surface area contributed by atoms with E-state index in [9.17, 15) is 14.4 Å². The van der Waals surface area contributed by atoms with E-state index in [0.29, 0.717) is 40.5 Å². The molecule has 1 aromatic heterocycles. The molecule has 4 N–H and O–H groups in total. The van der Waals surface area contributed by atoms with Crippen molar-refractivity contribution in [3.8, 4) is 0 Å². The average molecular weight is 584 g/mol. The first-order valence-corrected chi connectivity index (χ1v) is 14.2. The third-order valence-electron chi connectivity index (χ3n) is 7.09. The predicted molar refractivity (Wildman–Crippen MR) is 164 cm³/mol. The van der Waals surface area contributed by atoms with E-state index in [4.69, 9.17) is 16.0 Å². The monoisotopic (exact) mass is 583 g/mol. The Morgan fingerprint density at radius 3 is 2.54 bits per heavy atom. The summed E-state index contributed by atoms with van der Waals surface area (Å²) in [6.07, 6.45) is 9.01. The van der Waals surface area contributed by atoms with E-state index in [1.165, 1.54) is 0 Å². The van der Waals surface area contributed by atoms with Gasteiger partial charge in [0, 0.05) is 48.6 Å². The maximum absolute atomic E-state index is 13.4. The normalized spacial score (nSPS) is 16.4. The molecular weight excluding hydrogens is 542 g/mol. The molecule has 0 saturated carbocycles. The summed E-state index contributed by atoms with van der Waals surface area (Å²) in [6.45, 7) is 7.84. The van der Waals surface area contributed by atoms with Gasteiger partial charge in [0.05, 0.1) is 11.6 Å². The van der Waals surface area contributed by atoms with Gasteiger partial charge in [0.25, 0.3) is 11.8 Å². The standard InChI is InChI=1S/C31H42ClN5O4/c1-19(37(6)7)13-25(33-5)27(30(40)35-23-11-9-8-10-12-23)36-26(38)17-31(3,4)18-34-29(39)24-16-22(32)15-21-14-20(2)41-28(21)24/h8-11,14-16,19,23,33H,12-13,17-18H2,1-7H3,(H,34,39)(H,35,40)(H,36,38)/b27-25+. The van der Waals surface area contributed by atoms with Crippen LogP contribution in [-0.2, 0) is 9.59 Å². The third kappa shape index (κ3) is 8.96. The van der Waals surface area contributed by atoms with Gasteiger partial charge in [0.2, 0.25) is 5.91 Å². The van der Waals surface area contributed by atoms with Gasteiger partial charge in [-0.05, 0) is 58.0 Å². The molecule has 1 aliphatic carbocycles. The van der Waals surface area contributed by atoms with Crippen LogP contribution in [0.15, 0.2) is 58.3 Å². The second-order valence-electron chi connectivity index (χ2n) is 11.5. The molecule has 2 aromatic rings. The Balaban J connectivity index is 1.72. The number of hydrogen-bond donors (Lipinski definition) is 4. The van der Waals surface area contributed by atoms with Crippen LogP contribution in [0.25, 0.3) is 11.0 Å². The van der Waals surface area contributed by atoms with Crippen LogP contribution in [0.4, 0.5) is 0 Å². The molecule has 9 nitrogen and oxygen atoms in total. The van der Waals surface area contributed by atoms with E-state index in [2.05, 4.69) is 21.3 Å². The molecule has 1 aliphatic rings. The minimum absolute atomic E-state index is 0.0706. The second-order valence-corrected chi connectivity index (χ2v) is 12.0. The number of nitrogens with one attached hydrogen (secondary N) is 4. The zero-order chi connectivity index (χ0) is 30.3. The van der Waals surface area contributed by atoms with Gasteiger partial charge in [0.15, 0.2) is 0 Å². The van der Waals surface area contributed by atoms with E-state index in [1.54, 1.807) is 19.2 Å². The van der Waals surface area contributed by atoms with E-state index in [0.717, 1.165) is 5.39 Å². The summed E-state index contributed by atoms with van der Waals surface area (Å²) < 4.78 is 5.72. The Morgan fingerprint density at radius 2 is 1.90 bits per heavy atom. The van der Waals surface area contributed by atoms with Crippen LogP contribution in [-0.4, -0.2) is 62.4 Å². The molecule has 1 heterocycles. The van der Waals surface area contributed by atoms with E-state index < -0.39 is 5.41 Å². The van der Waals surface area contributed by atoms with Crippen molar-refractivity contribution < 1.29 is 18.8 Å². The smallest absolute Gasteiger partial charge is 0.270 e. The fraction of sp³-hybridized carbons (Fsp3) is 0.452. The van der Waals surface area contributed by atoms with Crippen molar-refractivity contribution in [1.82, 2.24) is 26.2 Å². The predicted octanol–water partition coefficient (Wildman–Crippen LogP) is 4.43. The van der Waals surface area contributed by atoms with Crippen molar-refractivity contribution in [2.45, 2.75) is 59.0 Å². The molecule has 1 aromatic carbocycles. The summed E-state index contributed by atoms with van der Waals surface area (Å²) in [6, 6.07) is 5.11. The maximum Gasteiger partial charge on any atom is 0.270 e. The lowest BCUT2D eigenvalue weighted by Gasteiger charge is -2.27. The number of fused-ring (bicyclic) bond motifs is 1. The zero-order valence-corrected chi connectivity index (χ0v) is 25.7. The van der Waals surface area contributed by atoms with Gasteiger partial charge in [-0.25, -0.2) is 0 Å². The summed E-state index contributed by atoms with van der Waals surface area (Å²) in [5.74, 6) is -0.350. The summed E-state index contributed by atoms with van der Waals surface area (Å²) in [7, 11) is 5.68. The Labute approximate surface area is 247 Å². The third-order valence-corrected chi connectivity index (χ3v) is 7.31. The van der Waals surface area contributed by atoms with Gasteiger partial charge in [-0.2, -0.15) is 0 Å². The quantitative estimate of drug-likeness (QED) is 0.275. The Bertz CT molecular complexity index is 1370. The van der Waals surface area contributed by atoms with Crippen LogP contribution >= 0.6 is 11.6 Å².